The summed E-state index contributed by atoms with van der Waals surface area (Å²) in [6.45, 7) is 4.80. The van der Waals surface area contributed by atoms with Crippen LogP contribution in [0, 0.1) is 16.7 Å². The van der Waals surface area contributed by atoms with E-state index >= 15 is 0 Å². The van der Waals surface area contributed by atoms with Crippen LogP contribution >= 0.6 is 22.9 Å². The van der Waals surface area contributed by atoms with Gasteiger partial charge in [-0.25, -0.2) is 0 Å². The standard InChI is InChI=1S/C15H20ClN3OS/c1-13-3-9-4-14(2,6-13)8-15(5-9,7-13)17-10(20)11-18-19-12(16)21-11/h9H,3-8H2,1-2H3,(H,17,20). The molecule has 4 bridgehead atoms. The Balaban J connectivity index is 1.61. The number of carbonyl (C=O) groups excluding carboxylic acids is 1. The number of amides is 1. The SMILES string of the molecule is CC12CC3CC(C)(C1)CC(NC(=O)c1nnc(Cl)s1)(C3)C2. The van der Waals surface area contributed by atoms with Crippen molar-refractivity contribution in [1.29, 1.82) is 0 Å². The zero-order chi connectivity index (χ0) is 14.9. The summed E-state index contributed by atoms with van der Waals surface area (Å²) in [7, 11) is 0. The molecule has 1 heterocycles. The normalized spacial score (nSPS) is 44.0. The van der Waals surface area contributed by atoms with Gasteiger partial charge in [0.25, 0.3) is 5.91 Å². The van der Waals surface area contributed by atoms with Gasteiger partial charge in [-0.2, -0.15) is 0 Å². The lowest BCUT2D eigenvalue weighted by Gasteiger charge is -2.65. The molecule has 1 aromatic rings. The maximum absolute atomic E-state index is 12.5. The van der Waals surface area contributed by atoms with Gasteiger partial charge in [-0.3, -0.25) is 4.79 Å². The van der Waals surface area contributed by atoms with E-state index in [1.165, 1.54) is 19.3 Å². The minimum absolute atomic E-state index is 0.0435. The second kappa shape index (κ2) is 4.19. The predicted octanol–water partition coefficient (Wildman–Crippen LogP) is 3.67. The fraction of sp³-hybridized carbons (Fsp3) is 0.800. The van der Waals surface area contributed by atoms with Crippen molar-refractivity contribution < 1.29 is 4.79 Å². The molecule has 6 heteroatoms. The molecule has 2 atom stereocenters. The molecule has 4 saturated carbocycles. The largest absolute Gasteiger partial charge is 0.344 e. The zero-order valence-corrected chi connectivity index (χ0v) is 14.0. The van der Waals surface area contributed by atoms with E-state index in [0.717, 1.165) is 36.5 Å². The Morgan fingerprint density at radius 2 is 1.86 bits per heavy atom. The molecule has 0 saturated heterocycles. The Morgan fingerprint density at radius 1 is 1.19 bits per heavy atom. The molecular weight excluding hydrogens is 306 g/mol. The summed E-state index contributed by atoms with van der Waals surface area (Å²) in [6.07, 6.45) is 7.28. The Labute approximate surface area is 133 Å². The van der Waals surface area contributed by atoms with Gasteiger partial charge in [-0.15, -0.1) is 10.2 Å². The van der Waals surface area contributed by atoms with E-state index in [0.29, 0.717) is 20.3 Å². The lowest BCUT2D eigenvalue weighted by atomic mass is 9.43. The number of nitrogens with zero attached hydrogens (tertiary/aromatic N) is 2. The third-order valence-corrected chi connectivity index (χ3v) is 6.62. The Hall–Kier alpha value is -0.680. The Morgan fingerprint density at radius 3 is 2.38 bits per heavy atom. The first kappa shape index (κ1) is 13.9. The summed E-state index contributed by atoms with van der Waals surface area (Å²) in [5.41, 5.74) is 0.735. The number of hydrogen-bond donors (Lipinski definition) is 1. The molecule has 4 nitrogen and oxygen atoms in total. The van der Waals surface area contributed by atoms with Gasteiger partial charge in [0.2, 0.25) is 9.47 Å². The summed E-state index contributed by atoms with van der Waals surface area (Å²) in [4.78, 5) is 12.5. The van der Waals surface area contributed by atoms with Gasteiger partial charge in [0, 0.05) is 5.54 Å². The van der Waals surface area contributed by atoms with Gasteiger partial charge in [0.15, 0.2) is 0 Å². The molecule has 1 aromatic heterocycles. The Bertz CT molecular complexity index is 598. The fourth-order valence-electron chi connectivity index (χ4n) is 6.18. The van der Waals surface area contributed by atoms with Gasteiger partial charge in [-0.05, 0) is 66.9 Å². The molecule has 1 N–H and O–H groups in total. The highest BCUT2D eigenvalue weighted by Gasteiger charge is 2.60. The van der Waals surface area contributed by atoms with Crippen LogP contribution in [0.15, 0.2) is 0 Å². The first-order valence-corrected chi connectivity index (χ1v) is 8.80. The summed E-state index contributed by atoms with van der Waals surface area (Å²) in [5.74, 6) is 0.656. The smallest absolute Gasteiger partial charge is 0.282 e. The summed E-state index contributed by atoms with van der Waals surface area (Å²) < 4.78 is 0.324. The van der Waals surface area contributed by atoms with Crippen LogP contribution in [0.5, 0.6) is 0 Å². The van der Waals surface area contributed by atoms with Crippen molar-refractivity contribution in [2.24, 2.45) is 16.7 Å². The van der Waals surface area contributed by atoms with Crippen LogP contribution in [0.4, 0.5) is 0 Å². The molecule has 0 radical (unpaired) electrons. The van der Waals surface area contributed by atoms with Crippen molar-refractivity contribution in [1.82, 2.24) is 15.5 Å². The summed E-state index contributed by atoms with van der Waals surface area (Å²) in [5, 5.41) is 11.3. The minimum Gasteiger partial charge on any atom is -0.344 e. The second-order valence-electron chi connectivity index (χ2n) is 8.22. The third-order valence-electron chi connectivity index (χ3n) is 5.60. The lowest BCUT2D eigenvalue weighted by molar-refractivity contribution is -0.114. The number of hydrogen-bond acceptors (Lipinski definition) is 4. The van der Waals surface area contributed by atoms with Crippen LogP contribution in [0.1, 0.15) is 62.2 Å². The van der Waals surface area contributed by atoms with Gasteiger partial charge in [0.1, 0.15) is 0 Å². The number of carbonyl (C=O) groups is 1. The van der Waals surface area contributed by atoms with Crippen LogP contribution in [0.2, 0.25) is 4.47 Å². The highest BCUT2D eigenvalue weighted by atomic mass is 35.5. The van der Waals surface area contributed by atoms with Crippen LogP contribution in [-0.4, -0.2) is 21.6 Å². The van der Waals surface area contributed by atoms with E-state index in [1.54, 1.807) is 0 Å². The van der Waals surface area contributed by atoms with Gasteiger partial charge in [-0.1, -0.05) is 25.2 Å². The molecule has 4 aliphatic rings. The molecule has 0 aromatic carbocycles. The molecule has 0 aliphatic heterocycles. The average Bonchev–Trinajstić information content (AvgIpc) is 2.70. The zero-order valence-electron chi connectivity index (χ0n) is 12.4. The van der Waals surface area contributed by atoms with E-state index in [-0.39, 0.29) is 11.4 Å². The van der Waals surface area contributed by atoms with Crippen LogP contribution < -0.4 is 5.32 Å². The number of halogens is 1. The number of nitrogens with one attached hydrogen (secondary N) is 1. The van der Waals surface area contributed by atoms with Crippen molar-refractivity contribution in [2.45, 2.75) is 57.9 Å². The maximum atomic E-state index is 12.5. The first-order valence-electron chi connectivity index (χ1n) is 7.61. The lowest BCUT2D eigenvalue weighted by Crippen LogP contribution is -2.65. The van der Waals surface area contributed by atoms with E-state index in [1.807, 2.05) is 0 Å². The molecule has 4 aliphatic carbocycles. The molecule has 21 heavy (non-hydrogen) atoms. The monoisotopic (exact) mass is 325 g/mol. The molecule has 4 fully saturated rings. The van der Waals surface area contributed by atoms with Crippen molar-refractivity contribution in [3.8, 4) is 0 Å². The average molecular weight is 326 g/mol. The van der Waals surface area contributed by atoms with E-state index < -0.39 is 0 Å². The molecule has 2 unspecified atom stereocenters. The molecule has 0 spiro atoms. The number of rotatable bonds is 2. The maximum Gasteiger partial charge on any atom is 0.282 e. The molecular formula is C15H20ClN3OS. The second-order valence-corrected chi connectivity index (χ2v) is 9.78. The fourth-order valence-corrected chi connectivity index (χ4v) is 6.90. The highest BCUT2D eigenvalue weighted by Crippen LogP contribution is 2.66. The van der Waals surface area contributed by atoms with Crippen molar-refractivity contribution in [2.75, 3.05) is 0 Å². The minimum atomic E-state index is -0.103. The van der Waals surface area contributed by atoms with E-state index in [2.05, 4.69) is 29.4 Å². The van der Waals surface area contributed by atoms with Crippen molar-refractivity contribution in [3.63, 3.8) is 0 Å². The molecule has 1 amide bonds. The van der Waals surface area contributed by atoms with E-state index in [4.69, 9.17) is 11.6 Å². The van der Waals surface area contributed by atoms with Gasteiger partial charge in [0.05, 0.1) is 0 Å². The van der Waals surface area contributed by atoms with Crippen LogP contribution in [0.3, 0.4) is 0 Å². The van der Waals surface area contributed by atoms with Crippen molar-refractivity contribution in [3.05, 3.63) is 9.47 Å². The quantitative estimate of drug-likeness (QED) is 0.902. The van der Waals surface area contributed by atoms with E-state index in [9.17, 15) is 4.79 Å². The highest BCUT2D eigenvalue weighted by molar-refractivity contribution is 7.17. The summed E-state index contributed by atoms with van der Waals surface area (Å²) >= 11 is 6.94. The van der Waals surface area contributed by atoms with Gasteiger partial charge >= 0.3 is 0 Å². The molecule has 5 rings (SSSR count). The van der Waals surface area contributed by atoms with Crippen molar-refractivity contribution >= 4 is 28.8 Å². The topological polar surface area (TPSA) is 54.9 Å². The van der Waals surface area contributed by atoms with Crippen LogP contribution in [-0.2, 0) is 0 Å². The number of aromatic nitrogens is 2. The molecule has 114 valence electrons. The third kappa shape index (κ3) is 2.29. The van der Waals surface area contributed by atoms with Crippen LogP contribution in [0.25, 0.3) is 0 Å². The summed E-state index contributed by atoms with van der Waals surface area (Å²) in [6, 6.07) is 0. The van der Waals surface area contributed by atoms with Gasteiger partial charge < -0.3 is 5.32 Å². The Kier molecular flexibility index (Phi) is 2.79. The predicted molar refractivity (Wildman–Crippen MR) is 82.5 cm³/mol. The first-order chi connectivity index (χ1) is 9.79.